The highest BCUT2D eigenvalue weighted by Gasteiger charge is 2.14. The molecule has 0 saturated carbocycles. The van der Waals surface area contributed by atoms with E-state index in [2.05, 4.69) is 15.9 Å². The maximum absolute atomic E-state index is 10.4. The Morgan fingerprint density at radius 1 is 1.21 bits per heavy atom. The molecule has 1 aromatic carbocycles. The van der Waals surface area contributed by atoms with E-state index in [1.165, 1.54) is 0 Å². The Balaban J connectivity index is 2.10. The van der Waals surface area contributed by atoms with Crippen LogP contribution in [-0.4, -0.2) is 16.2 Å². The molecule has 0 saturated heterocycles. The van der Waals surface area contributed by atoms with E-state index >= 15 is 0 Å². The predicted octanol–water partition coefficient (Wildman–Crippen LogP) is 3.61. The van der Waals surface area contributed by atoms with Gasteiger partial charge in [0.1, 0.15) is 17.6 Å². The Hall–Kier alpha value is -1.59. The number of hydrogen-bond acceptors (Lipinski definition) is 3. The van der Waals surface area contributed by atoms with Crippen molar-refractivity contribution in [1.29, 1.82) is 0 Å². The van der Waals surface area contributed by atoms with Gasteiger partial charge < -0.3 is 14.6 Å². The van der Waals surface area contributed by atoms with Gasteiger partial charge in [0.2, 0.25) is 0 Å². The van der Waals surface area contributed by atoms with Gasteiger partial charge in [0.05, 0.1) is 0 Å². The Morgan fingerprint density at radius 3 is 2.53 bits per heavy atom. The van der Waals surface area contributed by atoms with E-state index in [0.717, 1.165) is 10.0 Å². The molecule has 1 unspecified atom stereocenters. The smallest absolute Gasteiger partial charge is 0.303 e. The third-order valence-corrected chi connectivity index (χ3v) is 3.24. The summed E-state index contributed by atoms with van der Waals surface area (Å²) in [6.45, 7) is 0. The minimum absolute atomic E-state index is 0.0878. The standard InChI is InChI=1S/C14H13BrO4/c15-10-3-1-9(2-4-10)12-6-7-13(19-12)11(16)5-8-14(17)18/h1-4,6-7,11,16H,5,8H2,(H,17,18). The van der Waals surface area contributed by atoms with Crippen molar-refractivity contribution in [3.8, 4) is 11.3 Å². The molecule has 5 heteroatoms. The molecule has 100 valence electrons. The summed E-state index contributed by atoms with van der Waals surface area (Å²) in [5, 5.41) is 18.4. The maximum Gasteiger partial charge on any atom is 0.303 e. The molecule has 0 bridgehead atoms. The Kier molecular flexibility index (Phi) is 4.39. The summed E-state index contributed by atoms with van der Waals surface area (Å²) in [5.74, 6) is 0.106. The van der Waals surface area contributed by atoms with Crippen molar-refractivity contribution >= 4 is 21.9 Å². The van der Waals surface area contributed by atoms with E-state index in [4.69, 9.17) is 9.52 Å². The van der Waals surface area contributed by atoms with Crippen LogP contribution < -0.4 is 0 Å². The van der Waals surface area contributed by atoms with Crippen molar-refractivity contribution in [1.82, 2.24) is 0 Å². The van der Waals surface area contributed by atoms with Crippen molar-refractivity contribution in [2.45, 2.75) is 18.9 Å². The number of furan rings is 1. The zero-order chi connectivity index (χ0) is 13.8. The number of aliphatic hydroxyl groups is 1. The van der Waals surface area contributed by atoms with Gasteiger partial charge >= 0.3 is 5.97 Å². The highest BCUT2D eigenvalue weighted by atomic mass is 79.9. The molecule has 0 aliphatic rings. The van der Waals surface area contributed by atoms with Crippen LogP contribution in [0.15, 0.2) is 45.3 Å². The second-order valence-corrected chi connectivity index (χ2v) is 5.07. The molecule has 19 heavy (non-hydrogen) atoms. The largest absolute Gasteiger partial charge is 0.481 e. The summed E-state index contributed by atoms with van der Waals surface area (Å²) in [7, 11) is 0. The molecule has 0 amide bonds. The molecular weight excluding hydrogens is 312 g/mol. The normalized spacial score (nSPS) is 12.3. The van der Waals surface area contributed by atoms with Gasteiger partial charge in [-0.05, 0) is 30.7 Å². The van der Waals surface area contributed by atoms with Crippen LogP contribution in [0.1, 0.15) is 24.7 Å². The van der Waals surface area contributed by atoms with Gasteiger partial charge in [-0.1, -0.05) is 28.1 Å². The fourth-order valence-corrected chi connectivity index (χ4v) is 1.97. The molecule has 2 rings (SSSR count). The first-order valence-electron chi connectivity index (χ1n) is 5.82. The molecule has 1 aromatic heterocycles. The first kappa shape index (κ1) is 13.8. The van der Waals surface area contributed by atoms with Gasteiger partial charge in [0.25, 0.3) is 0 Å². The van der Waals surface area contributed by atoms with Crippen molar-refractivity contribution in [3.63, 3.8) is 0 Å². The van der Waals surface area contributed by atoms with Crippen LogP contribution in [0.2, 0.25) is 0 Å². The monoisotopic (exact) mass is 324 g/mol. The number of rotatable bonds is 5. The van der Waals surface area contributed by atoms with Crippen molar-refractivity contribution in [3.05, 3.63) is 46.6 Å². The van der Waals surface area contributed by atoms with Gasteiger partial charge in [-0.15, -0.1) is 0 Å². The first-order valence-corrected chi connectivity index (χ1v) is 6.61. The quantitative estimate of drug-likeness (QED) is 0.881. The highest BCUT2D eigenvalue weighted by Crippen LogP contribution is 2.28. The van der Waals surface area contributed by atoms with E-state index in [0.29, 0.717) is 11.5 Å². The Bertz CT molecular complexity index is 559. The topological polar surface area (TPSA) is 70.7 Å². The SMILES string of the molecule is O=C(O)CCC(O)c1ccc(-c2ccc(Br)cc2)o1. The predicted molar refractivity (Wildman–Crippen MR) is 73.7 cm³/mol. The van der Waals surface area contributed by atoms with Crippen LogP contribution in [-0.2, 0) is 4.79 Å². The molecule has 2 aromatic rings. The van der Waals surface area contributed by atoms with E-state index in [1.54, 1.807) is 12.1 Å². The molecule has 0 aliphatic carbocycles. The lowest BCUT2D eigenvalue weighted by Gasteiger charge is -2.05. The second-order valence-electron chi connectivity index (χ2n) is 4.16. The number of aliphatic carboxylic acids is 1. The van der Waals surface area contributed by atoms with E-state index < -0.39 is 12.1 Å². The maximum atomic E-state index is 10.4. The average Bonchev–Trinajstić information content (AvgIpc) is 2.86. The number of carboxylic acid groups (broad SMARTS) is 1. The summed E-state index contributed by atoms with van der Waals surface area (Å²) >= 11 is 3.35. The van der Waals surface area contributed by atoms with E-state index in [-0.39, 0.29) is 12.8 Å². The molecule has 0 fully saturated rings. The van der Waals surface area contributed by atoms with E-state index in [1.807, 2.05) is 24.3 Å². The lowest BCUT2D eigenvalue weighted by molar-refractivity contribution is -0.137. The summed E-state index contributed by atoms with van der Waals surface area (Å²) < 4.78 is 6.52. The Morgan fingerprint density at radius 2 is 1.89 bits per heavy atom. The minimum atomic E-state index is -0.932. The van der Waals surface area contributed by atoms with Crippen LogP contribution in [0, 0.1) is 0 Å². The minimum Gasteiger partial charge on any atom is -0.481 e. The number of carboxylic acids is 1. The van der Waals surface area contributed by atoms with Gasteiger partial charge in [0, 0.05) is 16.5 Å². The van der Waals surface area contributed by atoms with Gasteiger partial charge in [0.15, 0.2) is 0 Å². The molecule has 0 spiro atoms. The molecule has 1 heterocycles. The third-order valence-electron chi connectivity index (χ3n) is 2.72. The summed E-state index contributed by atoms with van der Waals surface area (Å²) in [6, 6.07) is 11.0. The van der Waals surface area contributed by atoms with Crippen LogP contribution >= 0.6 is 15.9 Å². The Labute approximate surface area is 118 Å². The molecule has 2 N–H and O–H groups in total. The molecule has 1 atom stereocenters. The zero-order valence-corrected chi connectivity index (χ0v) is 11.6. The van der Waals surface area contributed by atoms with Crippen molar-refractivity contribution < 1.29 is 19.4 Å². The fourth-order valence-electron chi connectivity index (χ4n) is 1.70. The van der Waals surface area contributed by atoms with Crippen LogP contribution in [0.3, 0.4) is 0 Å². The summed E-state index contributed by atoms with van der Waals surface area (Å²) in [4.78, 5) is 10.4. The van der Waals surface area contributed by atoms with Gasteiger partial charge in [-0.3, -0.25) is 4.79 Å². The first-order chi connectivity index (χ1) is 9.06. The average molecular weight is 325 g/mol. The summed E-state index contributed by atoms with van der Waals surface area (Å²) in [6.07, 6.45) is -0.835. The zero-order valence-electron chi connectivity index (χ0n) is 10.0. The van der Waals surface area contributed by atoms with E-state index in [9.17, 15) is 9.90 Å². The number of halogens is 1. The lowest BCUT2D eigenvalue weighted by Crippen LogP contribution is -2.01. The second kappa shape index (κ2) is 6.04. The van der Waals surface area contributed by atoms with Gasteiger partial charge in [-0.2, -0.15) is 0 Å². The van der Waals surface area contributed by atoms with Gasteiger partial charge in [-0.25, -0.2) is 0 Å². The molecular formula is C14H13BrO4. The molecule has 4 nitrogen and oxygen atoms in total. The van der Waals surface area contributed by atoms with Crippen molar-refractivity contribution in [2.24, 2.45) is 0 Å². The number of aliphatic hydroxyl groups excluding tert-OH is 1. The van der Waals surface area contributed by atoms with Crippen LogP contribution in [0.4, 0.5) is 0 Å². The van der Waals surface area contributed by atoms with Crippen LogP contribution in [0.25, 0.3) is 11.3 Å². The van der Waals surface area contributed by atoms with Crippen molar-refractivity contribution in [2.75, 3.05) is 0 Å². The fraction of sp³-hybridized carbons (Fsp3) is 0.214. The lowest BCUT2D eigenvalue weighted by atomic mass is 10.1. The number of hydrogen-bond donors (Lipinski definition) is 2. The highest BCUT2D eigenvalue weighted by molar-refractivity contribution is 9.10. The molecule has 0 radical (unpaired) electrons. The molecule has 0 aliphatic heterocycles. The number of carbonyl (C=O) groups is 1. The van der Waals surface area contributed by atoms with Crippen LogP contribution in [0.5, 0.6) is 0 Å². The number of benzene rings is 1. The third kappa shape index (κ3) is 3.68. The summed E-state index contributed by atoms with van der Waals surface area (Å²) in [5.41, 5.74) is 0.903.